The fourth-order valence-electron chi connectivity index (χ4n) is 1.77. The highest BCUT2D eigenvalue weighted by atomic mass is 32.1. The van der Waals surface area contributed by atoms with E-state index in [1.165, 1.54) is 11.3 Å². The average molecular weight is 238 g/mol. The number of aromatic nitrogens is 2. The molecule has 5 heteroatoms. The van der Waals surface area contributed by atoms with Gasteiger partial charge in [0.2, 0.25) is 0 Å². The highest BCUT2D eigenvalue weighted by Gasteiger charge is 2.16. The topological polar surface area (TPSA) is 55.1 Å². The Balaban J connectivity index is 2.59. The minimum absolute atomic E-state index is 0.395. The first-order valence-corrected chi connectivity index (χ1v) is 6.21. The Morgan fingerprint density at radius 1 is 1.56 bits per heavy atom. The van der Waals surface area contributed by atoms with Gasteiger partial charge in [0.1, 0.15) is 9.71 Å². The van der Waals surface area contributed by atoms with Gasteiger partial charge in [-0.1, -0.05) is 13.3 Å². The number of nitrogens with zero attached hydrogens (tertiary/aromatic N) is 2. The maximum absolute atomic E-state index is 10.9. The monoisotopic (exact) mass is 238 g/mol. The van der Waals surface area contributed by atoms with Crippen LogP contribution < -0.4 is 0 Å². The number of thiophene rings is 1. The molecule has 4 nitrogen and oxygen atoms in total. The number of aryl methyl sites for hydroxylation is 2. The van der Waals surface area contributed by atoms with Crippen LogP contribution in [0.15, 0.2) is 6.07 Å². The standard InChI is InChI=1S/C11H14N2O2S/c1-3-5-8-7-6-9(11(14)15)16-10(7)13(4-2)12-8/h6H,3-5H2,1-2H3,(H,14,15). The average Bonchev–Trinajstić information content (AvgIpc) is 2.78. The minimum atomic E-state index is -0.855. The van der Waals surface area contributed by atoms with Crippen molar-refractivity contribution < 1.29 is 9.90 Å². The zero-order chi connectivity index (χ0) is 11.7. The quantitative estimate of drug-likeness (QED) is 0.891. The number of rotatable bonds is 4. The summed E-state index contributed by atoms with van der Waals surface area (Å²) in [5, 5.41) is 14.5. The maximum atomic E-state index is 10.9. The van der Waals surface area contributed by atoms with Crippen molar-refractivity contribution in [2.75, 3.05) is 0 Å². The van der Waals surface area contributed by atoms with Crippen molar-refractivity contribution in [2.24, 2.45) is 0 Å². The van der Waals surface area contributed by atoms with Crippen molar-refractivity contribution in [3.63, 3.8) is 0 Å². The molecule has 2 rings (SSSR count). The van der Waals surface area contributed by atoms with Gasteiger partial charge in [0.25, 0.3) is 0 Å². The molecular formula is C11H14N2O2S. The molecule has 0 radical (unpaired) electrons. The third-order valence-electron chi connectivity index (χ3n) is 2.50. The number of hydrogen-bond acceptors (Lipinski definition) is 3. The Morgan fingerprint density at radius 2 is 2.31 bits per heavy atom. The molecule has 0 saturated heterocycles. The van der Waals surface area contributed by atoms with Crippen LogP contribution in [0.25, 0.3) is 10.2 Å². The second kappa shape index (κ2) is 4.25. The molecule has 2 aromatic rings. The SMILES string of the molecule is CCCc1nn(CC)c2sc(C(=O)O)cc12. The second-order valence-electron chi connectivity index (χ2n) is 3.65. The lowest BCUT2D eigenvalue weighted by molar-refractivity contribution is 0.0702. The molecule has 0 aliphatic carbocycles. The van der Waals surface area contributed by atoms with Gasteiger partial charge >= 0.3 is 5.97 Å². The summed E-state index contributed by atoms with van der Waals surface area (Å²) < 4.78 is 1.89. The van der Waals surface area contributed by atoms with E-state index in [1.807, 2.05) is 11.6 Å². The Hall–Kier alpha value is -1.36. The first kappa shape index (κ1) is 11.1. The molecule has 0 aromatic carbocycles. The smallest absolute Gasteiger partial charge is 0.345 e. The first-order chi connectivity index (χ1) is 7.67. The number of fused-ring (bicyclic) bond motifs is 1. The van der Waals surface area contributed by atoms with E-state index in [1.54, 1.807) is 6.07 Å². The number of carboxylic acids is 1. The fourth-order valence-corrected chi connectivity index (χ4v) is 2.80. The van der Waals surface area contributed by atoms with Gasteiger partial charge in [-0.3, -0.25) is 4.68 Å². The van der Waals surface area contributed by atoms with Crippen LogP contribution in [-0.2, 0) is 13.0 Å². The lowest BCUT2D eigenvalue weighted by Crippen LogP contribution is -1.97. The van der Waals surface area contributed by atoms with Crippen molar-refractivity contribution in [1.82, 2.24) is 9.78 Å². The van der Waals surface area contributed by atoms with Crippen LogP contribution in [0.3, 0.4) is 0 Å². The molecule has 0 saturated carbocycles. The number of aromatic carboxylic acids is 1. The summed E-state index contributed by atoms with van der Waals surface area (Å²) in [6.45, 7) is 4.89. The van der Waals surface area contributed by atoms with E-state index < -0.39 is 5.97 Å². The largest absolute Gasteiger partial charge is 0.477 e. The van der Waals surface area contributed by atoms with Gasteiger partial charge < -0.3 is 5.11 Å². The predicted octanol–water partition coefficient (Wildman–Crippen LogP) is 2.77. The van der Waals surface area contributed by atoms with E-state index in [4.69, 9.17) is 5.11 Å². The Bertz CT molecular complexity index is 527. The second-order valence-corrected chi connectivity index (χ2v) is 4.68. The van der Waals surface area contributed by atoms with Gasteiger partial charge in [0, 0.05) is 11.9 Å². The number of carbonyl (C=O) groups is 1. The van der Waals surface area contributed by atoms with E-state index in [-0.39, 0.29) is 0 Å². The van der Waals surface area contributed by atoms with Crippen LogP contribution in [-0.4, -0.2) is 20.9 Å². The zero-order valence-electron chi connectivity index (χ0n) is 9.36. The molecule has 1 N–H and O–H groups in total. The molecule has 16 heavy (non-hydrogen) atoms. The number of carboxylic acid groups (broad SMARTS) is 1. The summed E-state index contributed by atoms with van der Waals surface area (Å²) in [5.41, 5.74) is 1.02. The molecule has 0 unspecified atom stereocenters. The minimum Gasteiger partial charge on any atom is -0.477 e. The third-order valence-corrected chi connectivity index (χ3v) is 3.63. The lowest BCUT2D eigenvalue weighted by Gasteiger charge is -1.95. The molecule has 0 amide bonds. The summed E-state index contributed by atoms with van der Waals surface area (Å²) in [7, 11) is 0. The third kappa shape index (κ3) is 1.71. The van der Waals surface area contributed by atoms with Gasteiger partial charge in [0.05, 0.1) is 5.69 Å². The molecule has 2 aromatic heterocycles. The van der Waals surface area contributed by atoms with Crippen molar-refractivity contribution >= 4 is 27.5 Å². The van der Waals surface area contributed by atoms with E-state index in [0.717, 1.165) is 35.3 Å². The van der Waals surface area contributed by atoms with Gasteiger partial charge in [-0.25, -0.2) is 4.79 Å². The van der Waals surface area contributed by atoms with Crippen LogP contribution >= 0.6 is 11.3 Å². The molecule has 0 aliphatic heterocycles. The summed E-state index contributed by atoms with van der Waals surface area (Å²) >= 11 is 1.30. The molecule has 0 bridgehead atoms. The molecule has 0 spiro atoms. The van der Waals surface area contributed by atoms with Crippen molar-refractivity contribution in [2.45, 2.75) is 33.2 Å². The molecule has 2 heterocycles. The Kier molecular flexibility index (Phi) is 2.96. The van der Waals surface area contributed by atoms with Gasteiger partial charge in [-0.15, -0.1) is 11.3 Å². The van der Waals surface area contributed by atoms with E-state index in [2.05, 4.69) is 12.0 Å². The van der Waals surface area contributed by atoms with E-state index in [0.29, 0.717) is 4.88 Å². The van der Waals surface area contributed by atoms with Crippen LogP contribution in [0, 0.1) is 0 Å². The van der Waals surface area contributed by atoms with Gasteiger partial charge in [0.15, 0.2) is 0 Å². The van der Waals surface area contributed by atoms with E-state index >= 15 is 0 Å². The Labute approximate surface area is 97.5 Å². The van der Waals surface area contributed by atoms with Crippen LogP contribution in [0.4, 0.5) is 0 Å². The van der Waals surface area contributed by atoms with Gasteiger partial charge in [-0.2, -0.15) is 5.10 Å². The first-order valence-electron chi connectivity index (χ1n) is 5.39. The molecule has 0 fully saturated rings. The summed E-state index contributed by atoms with van der Waals surface area (Å²) in [6, 6.07) is 1.74. The fraction of sp³-hybridized carbons (Fsp3) is 0.455. The Morgan fingerprint density at radius 3 is 2.88 bits per heavy atom. The van der Waals surface area contributed by atoms with Gasteiger partial charge in [-0.05, 0) is 19.4 Å². The van der Waals surface area contributed by atoms with Crippen LogP contribution in [0.2, 0.25) is 0 Å². The van der Waals surface area contributed by atoms with Crippen molar-refractivity contribution in [1.29, 1.82) is 0 Å². The lowest BCUT2D eigenvalue weighted by atomic mass is 10.2. The van der Waals surface area contributed by atoms with Crippen LogP contribution in [0.5, 0.6) is 0 Å². The zero-order valence-corrected chi connectivity index (χ0v) is 10.2. The highest BCUT2D eigenvalue weighted by molar-refractivity contribution is 7.20. The molecular weight excluding hydrogens is 224 g/mol. The summed E-state index contributed by atoms with van der Waals surface area (Å²) in [4.78, 5) is 12.3. The summed E-state index contributed by atoms with van der Waals surface area (Å²) in [6.07, 6.45) is 1.92. The normalized spacial score (nSPS) is 11.1. The predicted molar refractivity (Wildman–Crippen MR) is 64.2 cm³/mol. The van der Waals surface area contributed by atoms with Crippen molar-refractivity contribution in [3.05, 3.63) is 16.6 Å². The highest BCUT2D eigenvalue weighted by Crippen LogP contribution is 2.29. The van der Waals surface area contributed by atoms with E-state index in [9.17, 15) is 4.79 Å². The maximum Gasteiger partial charge on any atom is 0.345 e. The number of hydrogen-bond donors (Lipinski definition) is 1. The van der Waals surface area contributed by atoms with Crippen molar-refractivity contribution in [3.8, 4) is 0 Å². The molecule has 0 atom stereocenters. The molecule has 86 valence electrons. The van der Waals surface area contributed by atoms with Crippen LogP contribution in [0.1, 0.15) is 35.6 Å². The molecule has 0 aliphatic rings. The summed E-state index contributed by atoms with van der Waals surface area (Å²) in [5.74, 6) is -0.855.